The van der Waals surface area contributed by atoms with Gasteiger partial charge >= 0.3 is 5.69 Å². The maximum atomic E-state index is 11.7. The smallest absolute Gasteiger partial charge is 0.346 e. The second kappa shape index (κ2) is 4.78. The van der Waals surface area contributed by atoms with E-state index in [9.17, 15) is 9.59 Å². The Labute approximate surface area is 93.2 Å². The molecule has 1 heterocycles. The summed E-state index contributed by atoms with van der Waals surface area (Å²) in [5.74, 6) is 0.180. The van der Waals surface area contributed by atoms with Crippen LogP contribution in [0.15, 0.2) is 22.2 Å². The summed E-state index contributed by atoms with van der Waals surface area (Å²) in [6.45, 7) is 5.53. The molecule has 0 aliphatic heterocycles. The fraction of sp³-hybridized carbons (Fsp3) is 0.500. The Morgan fingerprint density at radius 1 is 1.50 bits per heavy atom. The Kier molecular flexibility index (Phi) is 3.65. The van der Waals surface area contributed by atoms with Gasteiger partial charge in [-0.25, -0.2) is 9.48 Å². The fourth-order valence-electron chi connectivity index (χ4n) is 1.33. The zero-order valence-corrected chi connectivity index (χ0v) is 9.73. The van der Waals surface area contributed by atoms with Crippen LogP contribution in [-0.2, 0) is 14.1 Å². The van der Waals surface area contributed by atoms with Gasteiger partial charge < -0.3 is 5.32 Å². The molecule has 0 fully saturated rings. The molecule has 0 aromatic carbocycles. The van der Waals surface area contributed by atoms with E-state index in [4.69, 9.17) is 0 Å². The summed E-state index contributed by atoms with van der Waals surface area (Å²) in [6.07, 6.45) is 2.47. The molecule has 0 radical (unpaired) electrons. The van der Waals surface area contributed by atoms with Gasteiger partial charge in [-0.2, -0.15) is 0 Å². The second-order valence-corrected chi connectivity index (χ2v) is 3.69. The Balaban J connectivity index is 3.11. The van der Waals surface area contributed by atoms with Crippen LogP contribution in [0.1, 0.15) is 13.3 Å². The maximum Gasteiger partial charge on any atom is 0.346 e. The number of hydrogen-bond acceptors (Lipinski definition) is 4. The van der Waals surface area contributed by atoms with E-state index in [0.29, 0.717) is 6.42 Å². The van der Waals surface area contributed by atoms with Crippen LogP contribution in [0.5, 0.6) is 0 Å². The molecule has 0 saturated heterocycles. The van der Waals surface area contributed by atoms with Gasteiger partial charge in [0.05, 0.1) is 0 Å². The van der Waals surface area contributed by atoms with E-state index in [2.05, 4.69) is 17.0 Å². The standard InChI is InChI=1S/C10H16N4O2/c1-5-6-7(2)11-8-9(15)13(3)10(16)14(4)12-8/h5,7H,1,6H2,2-4H3,(H,11,12). The molecule has 0 spiro atoms. The van der Waals surface area contributed by atoms with Crippen LogP contribution in [0.2, 0.25) is 0 Å². The van der Waals surface area contributed by atoms with Crippen molar-refractivity contribution in [3.05, 3.63) is 33.5 Å². The number of aromatic nitrogens is 3. The van der Waals surface area contributed by atoms with Gasteiger partial charge in [-0.3, -0.25) is 9.36 Å². The lowest BCUT2D eigenvalue weighted by Gasteiger charge is -2.12. The van der Waals surface area contributed by atoms with E-state index in [0.717, 1.165) is 9.25 Å². The number of nitrogens with zero attached hydrogens (tertiary/aromatic N) is 3. The first-order chi connectivity index (χ1) is 7.47. The van der Waals surface area contributed by atoms with Crippen molar-refractivity contribution >= 4 is 5.82 Å². The largest absolute Gasteiger partial charge is 0.361 e. The van der Waals surface area contributed by atoms with Crippen molar-refractivity contribution in [3.63, 3.8) is 0 Å². The van der Waals surface area contributed by atoms with Crippen molar-refractivity contribution in [2.45, 2.75) is 19.4 Å². The summed E-state index contributed by atoms with van der Waals surface area (Å²) in [6, 6.07) is 0.0511. The number of aryl methyl sites for hydroxylation is 1. The number of anilines is 1. The van der Waals surface area contributed by atoms with Crippen LogP contribution in [-0.4, -0.2) is 20.4 Å². The third-order valence-corrected chi connectivity index (χ3v) is 2.22. The lowest BCUT2D eigenvalue weighted by Crippen LogP contribution is -2.40. The van der Waals surface area contributed by atoms with Gasteiger partial charge in [0.25, 0.3) is 5.56 Å². The Morgan fingerprint density at radius 3 is 2.69 bits per heavy atom. The van der Waals surface area contributed by atoms with Crippen LogP contribution in [0.25, 0.3) is 0 Å². The summed E-state index contributed by atoms with van der Waals surface area (Å²) in [7, 11) is 2.93. The van der Waals surface area contributed by atoms with Crippen molar-refractivity contribution in [1.29, 1.82) is 0 Å². The molecule has 1 aromatic rings. The first-order valence-electron chi connectivity index (χ1n) is 4.99. The lowest BCUT2D eigenvalue weighted by molar-refractivity contribution is 0.600. The molecule has 1 unspecified atom stereocenters. The van der Waals surface area contributed by atoms with Crippen LogP contribution in [0, 0.1) is 0 Å². The van der Waals surface area contributed by atoms with Crippen molar-refractivity contribution in [2.75, 3.05) is 5.32 Å². The molecule has 88 valence electrons. The minimum atomic E-state index is -0.438. The minimum Gasteiger partial charge on any atom is -0.361 e. The summed E-state index contributed by atoms with van der Waals surface area (Å²) in [5.41, 5.74) is -0.856. The number of hydrogen-bond donors (Lipinski definition) is 1. The highest BCUT2D eigenvalue weighted by Gasteiger charge is 2.10. The molecule has 0 bridgehead atoms. The van der Waals surface area contributed by atoms with Crippen molar-refractivity contribution in [2.24, 2.45) is 14.1 Å². The maximum absolute atomic E-state index is 11.7. The average Bonchev–Trinajstić information content (AvgIpc) is 2.23. The zero-order valence-electron chi connectivity index (χ0n) is 9.73. The monoisotopic (exact) mass is 224 g/mol. The molecule has 1 rings (SSSR count). The number of rotatable bonds is 4. The molecule has 0 aliphatic carbocycles. The lowest BCUT2D eigenvalue weighted by atomic mass is 10.2. The summed E-state index contributed by atoms with van der Waals surface area (Å²) < 4.78 is 2.15. The van der Waals surface area contributed by atoms with Crippen molar-refractivity contribution in [3.8, 4) is 0 Å². The fourth-order valence-corrected chi connectivity index (χ4v) is 1.33. The van der Waals surface area contributed by atoms with E-state index in [1.807, 2.05) is 6.92 Å². The molecule has 0 aliphatic rings. The summed E-state index contributed by atoms with van der Waals surface area (Å²) >= 11 is 0. The zero-order chi connectivity index (χ0) is 12.3. The van der Waals surface area contributed by atoms with E-state index in [1.54, 1.807) is 6.08 Å². The van der Waals surface area contributed by atoms with Crippen LogP contribution < -0.4 is 16.6 Å². The average molecular weight is 224 g/mol. The molecule has 1 aromatic heterocycles. The molecule has 6 nitrogen and oxygen atoms in total. The van der Waals surface area contributed by atoms with Gasteiger partial charge in [-0.1, -0.05) is 6.08 Å². The molecule has 6 heteroatoms. The molecular weight excluding hydrogens is 208 g/mol. The quantitative estimate of drug-likeness (QED) is 0.722. The van der Waals surface area contributed by atoms with Crippen LogP contribution in [0.4, 0.5) is 5.82 Å². The third-order valence-electron chi connectivity index (χ3n) is 2.22. The normalized spacial score (nSPS) is 12.2. The van der Waals surface area contributed by atoms with E-state index in [1.165, 1.54) is 14.1 Å². The highest BCUT2D eigenvalue weighted by molar-refractivity contribution is 5.30. The van der Waals surface area contributed by atoms with E-state index < -0.39 is 11.2 Å². The topological polar surface area (TPSA) is 68.9 Å². The first-order valence-corrected chi connectivity index (χ1v) is 4.99. The van der Waals surface area contributed by atoms with Gasteiger partial charge in [0.1, 0.15) is 0 Å². The third kappa shape index (κ3) is 2.39. The molecule has 16 heavy (non-hydrogen) atoms. The van der Waals surface area contributed by atoms with Crippen molar-refractivity contribution < 1.29 is 0 Å². The summed E-state index contributed by atoms with van der Waals surface area (Å²) in [4.78, 5) is 23.1. The molecule has 0 amide bonds. The van der Waals surface area contributed by atoms with Crippen LogP contribution >= 0.6 is 0 Å². The molecule has 0 saturated carbocycles. The highest BCUT2D eigenvalue weighted by Crippen LogP contribution is 1.98. The highest BCUT2D eigenvalue weighted by atomic mass is 16.2. The summed E-state index contributed by atoms with van der Waals surface area (Å²) in [5, 5.41) is 6.83. The first kappa shape index (κ1) is 12.2. The second-order valence-electron chi connectivity index (χ2n) is 3.69. The molecular formula is C10H16N4O2. The van der Waals surface area contributed by atoms with E-state index in [-0.39, 0.29) is 11.9 Å². The Bertz CT molecular complexity index is 501. The number of nitrogens with one attached hydrogen (secondary N) is 1. The van der Waals surface area contributed by atoms with Gasteiger partial charge in [0.2, 0.25) is 5.82 Å². The predicted octanol–water partition coefficient (Wildman–Crippen LogP) is -0.145. The Morgan fingerprint density at radius 2 is 2.12 bits per heavy atom. The van der Waals surface area contributed by atoms with Crippen molar-refractivity contribution in [1.82, 2.24) is 14.3 Å². The SMILES string of the molecule is C=CCC(C)Nc1nn(C)c(=O)n(C)c1=O. The van der Waals surface area contributed by atoms with Gasteiger partial charge in [0.15, 0.2) is 0 Å². The van der Waals surface area contributed by atoms with E-state index >= 15 is 0 Å². The van der Waals surface area contributed by atoms with Gasteiger partial charge in [-0.05, 0) is 13.3 Å². The predicted molar refractivity (Wildman–Crippen MR) is 62.6 cm³/mol. The van der Waals surface area contributed by atoms with Gasteiger partial charge in [0, 0.05) is 20.1 Å². The Hall–Kier alpha value is -1.85. The molecule has 1 N–H and O–H groups in total. The van der Waals surface area contributed by atoms with Crippen LogP contribution in [0.3, 0.4) is 0 Å². The minimum absolute atomic E-state index is 0.0511. The van der Waals surface area contributed by atoms with Gasteiger partial charge in [-0.15, -0.1) is 11.7 Å². The molecule has 1 atom stereocenters.